The van der Waals surface area contributed by atoms with Crippen molar-refractivity contribution < 1.29 is 4.79 Å². The SMILES string of the molecule is CC1CCCC(CN)N1C(=O)C=Cc1ccccc1. The van der Waals surface area contributed by atoms with E-state index in [0.29, 0.717) is 6.54 Å². The summed E-state index contributed by atoms with van der Waals surface area (Å²) in [4.78, 5) is 14.3. The molecule has 0 radical (unpaired) electrons. The first-order valence-corrected chi connectivity index (χ1v) is 6.98. The highest BCUT2D eigenvalue weighted by molar-refractivity contribution is 5.92. The maximum Gasteiger partial charge on any atom is 0.247 e. The average Bonchev–Trinajstić information content (AvgIpc) is 2.45. The third-order valence-corrected chi connectivity index (χ3v) is 3.77. The highest BCUT2D eigenvalue weighted by Crippen LogP contribution is 2.22. The fourth-order valence-electron chi connectivity index (χ4n) is 2.73. The van der Waals surface area contributed by atoms with Crippen LogP contribution in [0.25, 0.3) is 6.08 Å². The van der Waals surface area contributed by atoms with Crippen LogP contribution in [-0.4, -0.2) is 29.4 Å². The van der Waals surface area contributed by atoms with Crippen molar-refractivity contribution in [1.82, 2.24) is 4.90 Å². The molecule has 2 unspecified atom stereocenters. The summed E-state index contributed by atoms with van der Waals surface area (Å²) in [6.07, 6.45) is 6.79. The van der Waals surface area contributed by atoms with E-state index in [4.69, 9.17) is 5.73 Å². The minimum atomic E-state index is 0.0755. The Labute approximate surface area is 115 Å². The smallest absolute Gasteiger partial charge is 0.247 e. The molecule has 1 aromatic carbocycles. The molecule has 3 heteroatoms. The molecule has 2 N–H and O–H groups in total. The van der Waals surface area contributed by atoms with Crippen molar-refractivity contribution in [2.75, 3.05) is 6.54 Å². The van der Waals surface area contributed by atoms with Crippen LogP contribution in [0.4, 0.5) is 0 Å². The molecule has 19 heavy (non-hydrogen) atoms. The van der Waals surface area contributed by atoms with E-state index in [9.17, 15) is 4.79 Å². The number of rotatable bonds is 3. The zero-order valence-corrected chi connectivity index (χ0v) is 11.5. The Morgan fingerprint density at radius 1 is 1.37 bits per heavy atom. The van der Waals surface area contributed by atoms with Crippen LogP contribution in [0.1, 0.15) is 31.7 Å². The van der Waals surface area contributed by atoms with Gasteiger partial charge in [0.15, 0.2) is 0 Å². The number of carbonyl (C=O) groups excluding carboxylic acids is 1. The van der Waals surface area contributed by atoms with Crippen molar-refractivity contribution >= 4 is 12.0 Å². The monoisotopic (exact) mass is 258 g/mol. The Morgan fingerprint density at radius 2 is 2.11 bits per heavy atom. The summed E-state index contributed by atoms with van der Waals surface area (Å²) in [5.41, 5.74) is 6.83. The van der Waals surface area contributed by atoms with Crippen LogP contribution >= 0.6 is 0 Å². The van der Waals surface area contributed by atoms with Gasteiger partial charge in [0, 0.05) is 24.7 Å². The van der Waals surface area contributed by atoms with Gasteiger partial charge >= 0.3 is 0 Å². The standard InChI is InChI=1S/C16H22N2O/c1-13-6-5-9-15(12-17)18(13)16(19)11-10-14-7-3-2-4-8-14/h2-4,7-8,10-11,13,15H,5-6,9,12,17H2,1H3. The van der Waals surface area contributed by atoms with Gasteiger partial charge in [0.05, 0.1) is 0 Å². The summed E-state index contributed by atoms with van der Waals surface area (Å²) in [5, 5.41) is 0. The molecule has 2 rings (SSSR count). The van der Waals surface area contributed by atoms with Gasteiger partial charge in [-0.3, -0.25) is 4.79 Å². The number of likely N-dealkylation sites (tertiary alicyclic amines) is 1. The van der Waals surface area contributed by atoms with Crippen LogP contribution in [0.2, 0.25) is 0 Å². The largest absolute Gasteiger partial charge is 0.332 e. The minimum absolute atomic E-state index is 0.0755. The molecule has 0 aromatic heterocycles. The molecule has 0 spiro atoms. The number of hydrogen-bond donors (Lipinski definition) is 1. The maximum absolute atomic E-state index is 12.3. The fourth-order valence-corrected chi connectivity index (χ4v) is 2.73. The molecule has 1 aromatic rings. The lowest BCUT2D eigenvalue weighted by atomic mass is 9.96. The third kappa shape index (κ3) is 3.44. The van der Waals surface area contributed by atoms with Crippen LogP contribution in [0.5, 0.6) is 0 Å². The van der Waals surface area contributed by atoms with Gasteiger partial charge in [-0.2, -0.15) is 0 Å². The number of carbonyl (C=O) groups is 1. The molecular formula is C16H22N2O. The highest BCUT2D eigenvalue weighted by Gasteiger charge is 2.29. The predicted octanol–water partition coefficient (Wildman–Crippen LogP) is 2.43. The lowest BCUT2D eigenvalue weighted by Crippen LogP contribution is -2.51. The van der Waals surface area contributed by atoms with E-state index in [2.05, 4.69) is 6.92 Å². The molecule has 1 fully saturated rings. The van der Waals surface area contributed by atoms with Crippen LogP contribution < -0.4 is 5.73 Å². The Balaban J connectivity index is 2.07. The van der Waals surface area contributed by atoms with Crippen molar-refractivity contribution in [3.8, 4) is 0 Å². The predicted molar refractivity (Wildman–Crippen MR) is 78.5 cm³/mol. The molecule has 3 nitrogen and oxygen atoms in total. The molecule has 0 aliphatic carbocycles. The Bertz CT molecular complexity index is 441. The van der Waals surface area contributed by atoms with Gasteiger partial charge in [-0.1, -0.05) is 30.3 Å². The van der Waals surface area contributed by atoms with Crippen LogP contribution in [-0.2, 0) is 4.79 Å². The zero-order chi connectivity index (χ0) is 13.7. The maximum atomic E-state index is 12.3. The highest BCUT2D eigenvalue weighted by atomic mass is 16.2. The van der Waals surface area contributed by atoms with E-state index >= 15 is 0 Å². The van der Waals surface area contributed by atoms with Crippen molar-refractivity contribution in [3.05, 3.63) is 42.0 Å². The van der Waals surface area contributed by atoms with Gasteiger partial charge in [0.2, 0.25) is 5.91 Å². The fraction of sp³-hybridized carbons (Fsp3) is 0.438. The summed E-state index contributed by atoms with van der Waals surface area (Å²) >= 11 is 0. The summed E-state index contributed by atoms with van der Waals surface area (Å²) in [5.74, 6) is 0.0755. The van der Waals surface area contributed by atoms with E-state index in [1.54, 1.807) is 6.08 Å². The molecule has 0 bridgehead atoms. The number of hydrogen-bond acceptors (Lipinski definition) is 2. The minimum Gasteiger partial charge on any atom is -0.332 e. The molecule has 1 saturated heterocycles. The van der Waals surface area contributed by atoms with E-state index in [0.717, 1.165) is 24.8 Å². The summed E-state index contributed by atoms with van der Waals surface area (Å²) in [6.45, 7) is 2.66. The number of nitrogens with zero attached hydrogens (tertiary/aromatic N) is 1. The van der Waals surface area contributed by atoms with E-state index in [-0.39, 0.29) is 18.0 Å². The van der Waals surface area contributed by atoms with Gasteiger partial charge in [0.25, 0.3) is 0 Å². The lowest BCUT2D eigenvalue weighted by Gasteiger charge is -2.39. The second-order valence-electron chi connectivity index (χ2n) is 5.16. The second kappa shape index (κ2) is 6.53. The number of benzene rings is 1. The van der Waals surface area contributed by atoms with E-state index < -0.39 is 0 Å². The molecular weight excluding hydrogens is 236 g/mol. The van der Waals surface area contributed by atoms with E-state index in [1.807, 2.05) is 41.3 Å². The molecule has 102 valence electrons. The van der Waals surface area contributed by atoms with Crippen molar-refractivity contribution in [1.29, 1.82) is 0 Å². The van der Waals surface area contributed by atoms with Gasteiger partial charge in [0.1, 0.15) is 0 Å². The molecule has 1 heterocycles. The van der Waals surface area contributed by atoms with E-state index in [1.165, 1.54) is 0 Å². The molecule has 2 atom stereocenters. The molecule has 1 amide bonds. The van der Waals surface area contributed by atoms with Gasteiger partial charge in [-0.15, -0.1) is 0 Å². The third-order valence-electron chi connectivity index (χ3n) is 3.77. The zero-order valence-electron chi connectivity index (χ0n) is 11.5. The summed E-state index contributed by atoms with van der Waals surface area (Å²) in [7, 11) is 0. The summed E-state index contributed by atoms with van der Waals surface area (Å²) in [6, 6.07) is 10.4. The number of amides is 1. The Kier molecular flexibility index (Phi) is 4.74. The normalized spacial score (nSPS) is 23.8. The lowest BCUT2D eigenvalue weighted by molar-refractivity contribution is -0.132. The van der Waals surface area contributed by atoms with Crippen molar-refractivity contribution in [2.24, 2.45) is 5.73 Å². The second-order valence-corrected chi connectivity index (χ2v) is 5.16. The van der Waals surface area contributed by atoms with Crippen LogP contribution in [0, 0.1) is 0 Å². The topological polar surface area (TPSA) is 46.3 Å². The first-order chi connectivity index (χ1) is 9.22. The Hall–Kier alpha value is -1.61. The average molecular weight is 258 g/mol. The quantitative estimate of drug-likeness (QED) is 0.846. The van der Waals surface area contributed by atoms with Gasteiger partial charge < -0.3 is 10.6 Å². The molecule has 1 aliphatic rings. The number of piperidine rings is 1. The first kappa shape index (κ1) is 13.8. The first-order valence-electron chi connectivity index (χ1n) is 6.98. The van der Waals surface area contributed by atoms with Crippen molar-refractivity contribution in [3.63, 3.8) is 0 Å². The van der Waals surface area contributed by atoms with Gasteiger partial charge in [-0.05, 0) is 37.8 Å². The Morgan fingerprint density at radius 3 is 2.79 bits per heavy atom. The van der Waals surface area contributed by atoms with Crippen LogP contribution in [0.15, 0.2) is 36.4 Å². The molecule has 1 aliphatic heterocycles. The number of nitrogens with two attached hydrogens (primary N) is 1. The van der Waals surface area contributed by atoms with Crippen LogP contribution in [0.3, 0.4) is 0 Å². The molecule has 0 saturated carbocycles. The van der Waals surface area contributed by atoms with Crippen molar-refractivity contribution in [2.45, 2.75) is 38.3 Å². The summed E-state index contributed by atoms with van der Waals surface area (Å²) < 4.78 is 0. The van der Waals surface area contributed by atoms with Gasteiger partial charge in [-0.25, -0.2) is 0 Å².